The van der Waals surface area contributed by atoms with Crippen LogP contribution in [-0.4, -0.2) is 58.2 Å². The average molecular weight is 543 g/mol. The molecule has 7 atom stereocenters. The molecule has 2 amide bonds. The van der Waals surface area contributed by atoms with E-state index < -0.39 is 53.6 Å². The fourth-order valence-corrected chi connectivity index (χ4v) is 7.41. The van der Waals surface area contributed by atoms with Gasteiger partial charge < -0.3 is 24.8 Å². The quantitative estimate of drug-likeness (QED) is 0.436. The van der Waals surface area contributed by atoms with E-state index in [-0.39, 0.29) is 18.4 Å². The molecule has 3 fully saturated rings. The van der Waals surface area contributed by atoms with Crippen LogP contribution in [0.3, 0.4) is 0 Å². The number of nitrogens with zero attached hydrogens (tertiary/aromatic N) is 1. The molecule has 2 bridgehead atoms. The number of ether oxygens (including phenoxy) is 2. The summed E-state index contributed by atoms with van der Waals surface area (Å²) in [6, 6.07) is 20.8. The van der Waals surface area contributed by atoms with Gasteiger partial charge in [-0.25, -0.2) is 0 Å². The molecule has 40 heavy (non-hydrogen) atoms. The number of hydrogen-bond acceptors (Lipinski definition) is 6. The van der Waals surface area contributed by atoms with Gasteiger partial charge in [-0.1, -0.05) is 67.6 Å². The summed E-state index contributed by atoms with van der Waals surface area (Å²) in [5.41, 5.74) is -0.919. The van der Waals surface area contributed by atoms with Crippen LogP contribution in [-0.2, 0) is 23.9 Å². The third-order valence-electron chi connectivity index (χ3n) is 9.25. The van der Waals surface area contributed by atoms with Gasteiger partial charge in [0.2, 0.25) is 11.8 Å². The van der Waals surface area contributed by atoms with Gasteiger partial charge in [0.25, 0.3) is 0 Å². The highest BCUT2D eigenvalue weighted by atomic mass is 16.6. The summed E-state index contributed by atoms with van der Waals surface area (Å²) < 4.78 is 12.2. The van der Waals surface area contributed by atoms with Crippen molar-refractivity contribution in [3.05, 3.63) is 78.4 Å². The van der Waals surface area contributed by atoms with Gasteiger partial charge in [0.1, 0.15) is 17.6 Å². The first-order valence-electron chi connectivity index (χ1n) is 13.9. The van der Waals surface area contributed by atoms with Crippen LogP contribution >= 0.6 is 0 Å². The molecule has 1 spiro atoms. The second-order valence-corrected chi connectivity index (χ2v) is 11.4. The Morgan fingerprint density at radius 2 is 1.80 bits per heavy atom. The molecule has 3 unspecified atom stereocenters. The summed E-state index contributed by atoms with van der Waals surface area (Å²) in [4.78, 5) is 43.5. The lowest BCUT2D eigenvalue weighted by molar-refractivity contribution is -0.162. The Morgan fingerprint density at radius 1 is 1.10 bits per heavy atom. The molecular formula is C32H34N2O6. The van der Waals surface area contributed by atoms with E-state index in [4.69, 9.17) is 9.47 Å². The maximum Gasteiger partial charge on any atom is 0.312 e. The van der Waals surface area contributed by atoms with Crippen molar-refractivity contribution in [2.45, 2.75) is 50.5 Å². The molecular weight excluding hydrogens is 508 g/mol. The molecule has 0 radical (unpaired) electrons. The Hall–Kier alpha value is -3.75. The van der Waals surface area contributed by atoms with Crippen LogP contribution in [0.15, 0.2) is 72.8 Å². The zero-order chi connectivity index (χ0) is 28.2. The van der Waals surface area contributed by atoms with E-state index in [1.807, 2.05) is 86.6 Å². The summed E-state index contributed by atoms with van der Waals surface area (Å²) >= 11 is 0. The van der Waals surface area contributed by atoms with Gasteiger partial charge in [0.15, 0.2) is 0 Å². The van der Waals surface area contributed by atoms with E-state index in [2.05, 4.69) is 5.32 Å². The molecule has 208 valence electrons. The van der Waals surface area contributed by atoms with Gasteiger partial charge in [0.05, 0.1) is 30.8 Å². The third kappa shape index (κ3) is 3.77. The van der Waals surface area contributed by atoms with Crippen LogP contribution in [0.5, 0.6) is 0 Å². The number of hydrogen-bond donors (Lipinski definition) is 2. The molecule has 0 aliphatic carbocycles. The number of esters is 1. The smallest absolute Gasteiger partial charge is 0.312 e. The minimum Gasteiger partial charge on any atom is -0.466 e. The minimum atomic E-state index is -1.24. The first-order chi connectivity index (χ1) is 19.2. The Morgan fingerprint density at radius 3 is 2.50 bits per heavy atom. The number of nitrogens with one attached hydrogen (secondary N) is 1. The molecule has 3 heterocycles. The normalized spacial score (nSPS) is 31.3. The lowest BCUT2D eigenvalue weighted by Crippen LogP contribution is -2.54. The van der Waals surface area contributed by atoms with Crippen LogP contribution in [0.1, 0.15) is 38.8 Å². The second-order valence-electron chi connectivity index (χ2n) is 11.4. The first kappa shape index (κ1) is 26.5. The zero-order valence-electron chi connectivity index (χ0n) is 22.9. The number of amides is 2. The molecule has 0 saturated carbocycles. The number of aliphatic hydroxyl groups is 1. The van der Waals surface area contributed by atoms with Gasteiger partial charge in [-0.15, -0.1) is 0 Å². The summed E-state index contributed by atoms with van der Waals surface area (Å²) in [6.07, 6.45) is 0.426. The zero-order valence-corrected chi connectivity index (χ0v) is 22.9. The number of likely N-dealkylation sites (tertiary alicyclic amines) is 1. The fourth-order valence-electron chi connectivity index (χ4n) is 7.41. The monoisotopic (exact) mass is 542 g/mol. The Bertz CT molecular complexity index is 1480. The molecule has 2 N–H and O–H groups in total. The van der Waals surface area contributed by atoms with E-state index in [0.717, 1.165) is 10.8 Å². The lowest BCUT2D eigenvalue weighted by atomic mass is 9.62. The summed E-state index contributed by atoms with van der Waals surface area (Å²) in [5.74, 6) is -3.16. The number of carbonyl (C=O) groups excluding carboxylic acids is 3. The van der Waals surface area contributed by atoms with E-state index in [0.29, 0.717) is 17.7 Å². The molecule has 8 heteroatoms. The Kier molecular flexibility index (Phi) is 6.43. The minimum absolute atomic E-state index is 0.105. The molecule has 3 aromatic carbocycles. The largest absolute Gasteiger partial charge is 0.466 e. The molecule has 8 nitrogen and oxygen atoms in total. The maximum absolute atomic E-state index is 14.4. The molecule has 3 aliphatic rings. The van der Waals surface area contributed by atoms with Crippen molar-refractivity contribution >= 4 is 34.2 Å². The number of fused-ring (bicyclic) bond motifs is 2. The van der Waals surface area contributed by atoms with Crippen molar-refractivity contribution in [2.24, 2.45) is 17.8 Å². The summed E-state index contributed by atoms with van der Waals surface area (Å²) in [6.45, 7) is 5.35. The van der Waals surface area contributed by atoms with Crippen LogP contribution in [0, 0.1) is 17.8 Å². The molecule has 3 aromatic rings. The molecule has 3 aliphatic heterocycles. The third-order valence-corrected chi connectivity index (χ3v) is 9.25. The SMILES string of the molecule is CCOC(=O)[C@@H]1[C@H]2C(=O)N([C@H](CO)c3ccccc3)C(C(=O)Nc3ccc4ccccc4c3)C23CC(C)[C@@]1(C)O3. The average Bonchev–Trinajstić information content (AvgIpc) is 3.46. The lowest BCUT2D eigenvalue weighted by Gasteiger charge is -2.37. The predicted octanol–water partition coefficient (Wildman–Crippen LogP) is 4.09. The topological polar surface area (TPSA) is 105 Å². The van der Waals surface area contributed by atoms with Gasteiger partial charge >= 0.3 is 5.97 Å². The van der Waals surface area contributed by atoms with Crippen molar-refractivity contribution in [1.82, 2.24) is 4.90 Å². The second kappa shape index (κ2) is 9.71. The maximum atomic E-state index is 14.4. The number of rotatable bonds is 7. The van der Waals surface area contributed by atoms with Gasteiger partial charge in [-0.2, -0.15) is 0 Å². The van der Waals surface area contributed by atoms with Crippen molar-refractivity contribution in [2.75, 3.05) is 18.5 Å². The predicted molar refractivity (Wildman–Crippen MR) is 149 cm³/mol. The van der Waals surface area contributed by atoms with Crippen molar-refractivity contribution in [1.29, 1.82) is 0 Å². The highest BCUT2D eigenvalue weighted by Gasteiger charge is 2.80. The van der Waals surface area contributed by atoms with Crippen LogP contribution in [0.2, 0.25) is 0 Å². The first-order valence-corrected chi connectivity index (χ1v) is 13.9. The highest BCUT2D eigenvalue weighted by Crippen LogP contribution is 2.66. The van der Waals surface area contributed by atoms with Crippen LogP contribution in [0.25, 0.3) is 10.8 Å². The van der Waals surface area contributed by atoms with Crippen LogP contribution < -0.4 is 5.32 Å². The highest BCUT2D eigenvalue weighted by molar-refractivity contribution is 6.04. The van der Waals surface area contributed by atoms with E-state index in [9.17, 15) is 19.5 Å². The van der Waals surface area contributed by atoms with Crippen molar-refractivity contribution < 1.29 is 29.0 Å². The number of aliphatic hydroxyl groups excluding tert-OH is 1. The van der Waals surface area contributed by atoms with E-state index in [1.54, 1.807) is 6.92 Å². The molecule has 3 saturated heterocycles. The number of carbonyl (C=O) groups is 3. The molecule has 6 rings (SSSR count). The Labute approximate surface area is 233 Å². The van der Waals surface area contributed by atoms with Gasteiger partial charge in [0, 0.05) is 5.69 Å². The summed E-state index contributed by atoms with van der Waals surface area (Å²) in [7, 11) is 0. The fraction of sp³-hybridized carbons (Fsp3) is 0.406. The van der Waals surface area contributed by atoms with Crippen molar-refractivity contribution in [3.63, 3.8) is 0 Å². The van der Waals surface area contributed by atoms with Crippen molar-refractivity contribution in [3.8, 4) is 0 Å². The molecule has 0 aromatic heterocycles. The van der Waals surface area contributed by atoms with Crippen LogP contribution in [0.4, 0.5) is 5.69 Å². The summed E-state index contributed by atoms with van der Waals surface area (Å²) in [5, 5.41) is 15.6. The van der Waals surface area contributed by atoms with Gasteiger partial charge in [-0.3, -0.25) is 14.4 Å². The number of anilines is 1. The Balaban J connectivity index is 1.46. The van der Waals surface area contributed by atoms with Gasteiger partial charge in [-0.05, 0) is 54.7 Å². The van der Waals surface area contributed by atoms with E-state index in [1.165, 1.54) is 4.90 Å². The number of benzene rings is 3. The standard InChI is InChI=1S/C32H34N2O6/c1-4-39-30(38)26-25-29(37)34(24(18-35)21-11-6-5-7-12-21)27(32(25)17-19(2)31(26,3)40-32)28(36)33-23-15-14-20-10-8-9-13-22(20)16-23/h5-16,19,24-27,35H,4,17-18H2,1-3H3,(H,33,36)/t19?,24-,25+,26+,27?,31-,32?/m1/s1. The van der Waals surface area contributed by atoms with E-state index >= 15 is 0 Å².